The Morgan fingerprint density at radius 1 is 1.15 bits per heavy atom. The third kappa shape index (κ3) is 5.20. The summed E-state index contributed by atoms with van der Waals surface area (Å²) in [7, 11) is -3.37. The van der Waals surface area contributed by atoms with E-state index in [4.69, 9.17) is 16.3 Å². The van der Waals surface area contributed by atoms with Gasteiger partial charge in [-0.25, -0.2) is 13.1 Å². The number of rotatable bonds is 9. The monoisotopic (exact) mass is 393 g/mol. The van der Waals surface area contributed by atoms with Crippen molar-refractivity contribution in [2.75, 3.05) is 18.9 Å². The van der Waals surface area contributed by atoms with Crippen LogP contribution in [0.5, 0.6) is 5.75 Å². The standard InChI is InChI=1S/C18H20ClN3O3S/c19-16-8-7-15-14-20-22(18(15)13-16)10-4-9-21-26(23,24)12-11-25-17-5-2-1-3-6-17/h1-3,5-8,13-14,21H,4,9-12H2. The van der Waals surface area contributed by atoms with Crippen LogP contribution in [-0.4, -0.2) is 37.1 Å². The first-order valence-corrected chi connectivity index (χ1v) is 10.3. The van der Waals surface area contributed by atoms with Crippen molar-refractivity contribution < 1.29 is 13.2 Å². The molecular formula is C18H20ClN3O3S. The van der Waals surface area contributed by atoms with Gasteiger partial charge < -0.3 is 4.74 Å². The Balaban J connectivity index is 1.42. The molecule has 0 bridgehead atoms. The molecule has 2 aromatic carbocycles. The SMILES string of the molecule is O=S(=O)(CCOc1ccccc1)NCCCn1ncc2ccc(Cl)cc21. The van der Waals surface area contributed by atoms with E-state index in [1.807, 2.05) is 41.1 Å². The number of benzene rings is 2. The Bertz CT molecular complexity index is 958. The second kappa shape index (κ2) is 8.53. The molecule has 0 fully saturated rings. The zero-order valence-corrected chi connectivity index (χ0v) is 15.7. The number of hydrogen-bond donors (Lipinski definition) is 1. The highest BCUT2D eigenvalue weighted by Crippen LogP contribution is 2.19. The second-order valence-electron chi connectivity index (χ2n) is 5.80. The van der Waals surface area contributed by atoms with Crippen molar-refractivity contribution in [1.82, 2.24) is 14.5 Å². The number of sulfonamides is 1. The molecule has 0 saturated carbocycles. The van der Waals surface area contributed by atoms with Crippen molar-refractivity contribution in [3.05, 3.63) is 59.8 Å². The fourth-order valence-electron chi connectivity index (χ4n) is 2.54. The van der Waals surface area contributed by atoms with Gasteiger partial charge in [-0.15, -0.1) is 0 Å². The van der Waals surface area contributed by atoms with Gasteiger partial charge in [0.15, 0.2) is 0 Å². The van der Waals surface area contributed by atoms with Crippen molar-refractivity contribution in [3.8, 4) is 5.75 Å². The molecule has 0 aliphatic carbocycles. The van der Waals surface area contributed by atoms with E-state index in [1.165, 1.54) is 0 Å². The molecule has 26 heavy (non-hydrogen) atoms. The molecule has 0 unspecified atom stereocenters. The van der Waals surface area contributed by atoms with Gasteiger partial charge in [-0.05, 0) is 36.8 Å². The summed E-state index contributed by atoms with van der Waals surface area (Å²) in [5.41, 5.74) is 0.941. The first-order valence-electron chi connectivity index (χ1n) is 8.30. The maximum absolute atomic E-state index is 12.0. The predicted molar refractivity (Wildman–Crippen MR) is 103 cm³/mol. The van der Waals surface area contributed by atoms with Gasteiger partial charge in [0.25, 0.3) is 0 Å². The summed E-state index contributed by atoms with van der Waals surface area (Å²) in [5.74, 6) is 0.578. The second-order valence-corrected chi connectivity index (χ2v) is 8.16. The maximum Gasteiger partial charge on any atom is 0.214 e. The van der Waals surface area contributed by atoms with Crippen LogP contribution in [0, 0.1) is 0 Å². The van der Waals surface area contributed by atoms with E-state index in [0.717, 1.165) is 10.9 Å². The minimum Gasteiger partial charge on any atom is -0.492 e. The van der Waals surface area contributed by atoms with Crippen LogP contribution in [0.1, 0.15) is 6.42 Å². The molecule has 0 aliphatic rings. The van der Waals surface area contributed by atoms with E-state index < -0.39 is 10.0 Å². The minimum atomic E-state index is -3.37. The average Bonchev–Trinajstić information content (AvgIpc) is 3.02. The van der Waals surface area contributed by atoms with Gasteiger partial charge in [0.2, 0.25) is 10.0 Å². The van der Waals surface area contributed by atoms with Crippen molar-refractivity contribution in [2.45, 2.75) is 13.0 Å². The minimum absolute atomic E-state index is 0.0811. The zero-order chi connectivity index (χ0) is 18.4. The normalized spacial score (nSPS) is 11.7. The van der Waals surface area contributed by atoms with Gasteiger partial charge in [0.1, 0.15) is 12.4 Å². The van der Waals surface area contributed by atoms with Crippen LogP contribution in [0.4, 0.5) is 0 Å². The summed E-state index contributed by atoms with van der Waals surface area (Å²) >= 11 is 6.02. The van der Waals surface area contributed by atoms with E-state index >= 15 is 0 Å². The fourth-order valence-corrected chi connectivity index (χ4v) is 3.61. The molecule has 1 aromatic heterocycles. The lowest BCUT2D eigenvalue weighted by Crippen LogP contribution is -2.30. The lowest BCUT2D eigenvalue weighted by molar-refractivity contribution is 0.340. The van der Waals surface area contributed by atoms with Gasteiger partial charge in [-0.2, -0.15) is 5.10 Å². The number of ether oxygens (including phenoxy) is 1. The molecule has 1 heterocycles. The largest absolute Gasteiger partial charge is 0.492 e. The number of aryl methyl sites for hydroxylation is 1. The van der Waals surface area contributed by atoms with Crippen LogP contribution in [-0.2, 0) is 16.6 Å². The van der Waals surface area contributed by atoms with E-state index in [2.05, 4.69) is 9.82 Å². The first-order chi connectivity index (χ1) is 12.5. The number of aromatic nitrogens is 2. The molecule has 138 valence electrons. The Kier molecular flexibility index (Phi) is 6.13. The third-order valence-corrected chi connectivity index (χ3v) is 5.42. The lowest BCUT2D eigenvalue weighted by Gasteiger charge is -2.09. The molecule has 0 spiro atoms. The van der Waals surface area contributed by atoms with Gasteiger partial charge >= 0.3 is 0 Å². The van der Waals surface area contributed by atoms with E-state index in [1.54, 1.807) is 18.3 Å². The molecule has 8 heteroatoms. The highest BCUT2D eigenvalue weighted by atomic mass is 35.5. The summed E-state index contributed by atoms with van der Waals surface area (Å²) in [6.07, 6.45) is 2.40. The first kappa shape index (κ1) is 18.7. The number of nitrogens with zero attached hydrogens (tertiary/aromatic N) is 2. The molecule has 3 aromatic rings. The van der Waals surface area contributed by atoms with Crippen molar-refractivity contribution >= 4 is 32.5 Å². The zero-order valence-electron chi connectivity index (χ0n) is 14.1. The quantitative estimate of drug-likeness (QED) is 0.567. The Labute approximate surface area is 157 Å². The van der Waals surface area contributed by atoms with E-state index in [-0.39, 0.29) is 12.4 Å². The van der Waals surface area contributed by atoms with Gasteiger partial charge in [-0.1, -0.05) is 29.8 Å². The van der Waals surface area contributed by atoms with Crippen molar-refractivity contribution in [3.63, 3.8) is 0 Å². The smallest absolute Gasteiger partial charge is 0.214 e. The summed E-state index contributed by atoms with van der Waals surface area (Å²) in [4.78, 5) is 0. The third-order valence-electron chi connectivity index (χ3n) is 3.84. The lowest BCUT2D eigenvalue weighted by atomic mass is 10.2. The number of hydrogen-bond acceptors (Lipinski definition) is 4. The van der Waals surface area contributed by atoms with Crippen LogP contribution in [0.2, 0.25) is 5.02 Å². The van der Waals surface area contributed by atoms with Crippen LogP contribution in [0.25, 0.3) is 10.9 Å². The maximum atomic E-state index is 12.0. The van der Waals surface area contributed by atoms with Gasteiger partial charge in [0, 0.05) is 23.5 Å². The number of fused-ring (bicyclic) bond motifs is 1. The number of para-hydroxylation sites is 1. The summed E-state index contributed by atoms with van der Waals surface area (Å²) in [6.45, 7) is 1.06. The molecule has 0 saturated heterocycles. The van der Waals surface area contributed by atoms with Crippen molar-refractivity contribution in [2.24, 2.45) is 0 Å². The summed E-state index contributed by atoms with van der Waals surface area (Å²) < 4.78 is 33.9. The highest BCUT2D eigenvalue weighted by Gasteiger charge is 2.10. The molecule has 0 atom stereocenters. The predicted octanol–water partition coefficient (Wildman–Crippen LogP) is 3.08. The van der Waals surface area contributed by atoms with E-state index in [9.17, 15) is 8.42 Å². The van der Waals surface area contributed by atoms with Crippen molar-refractivity contribution in [1.29, 1.82) is 0 Å². The fraction of sp³-hybridized carbons (Fsp3) is 0.278. The average molecular weight is 394 g/mol. The topological polar surface area (TPSA) is 73.2 Å². The Morgan fingerprint density at radius 2 is 1.96 bits per heavy atom. The summed E-state index contributed by atoms with van der Waals surface area (Å²) in [6, 6.07) is 14.7. The molecule has 6 nitrogen and oxygen atoms in total. The van der Waals surface area contributed by atoms with Gasteiger partial charge in [0.05, 0.1) is 17.5 Å². The van der Waals surface area contributed by atoms with E-state index in [0.29, 0.717) is 30.3 Å². The molecular weight excluding hydrogens is 374 g/mol. The molecule has 3 rings (SSSR count). The Hall–Kier alpha value is -2.09. The van der Waals surface area contributed by atoms with Gasteiger partial charge in [-0.3, -0.25) is 4.68 Å². The van der Waals surface area contributed by atoms with Crippen LogP contribution in [0.3, 0.4) is 0 Å². The van der Waals surface area contributed by atoms with Crippen LogP contribution >= 0.6 is 11.6 Å². The molecule has 1 N–H and O–H groups in total. The Morgan fingerprint density at radius 3 is 2.77 bits per heavy atom. The summed E-state index contributed by atoms with van der Waals surface area (Å²) in [5, 5.41) is 5.97. The number of halogens is 1. The molecule has 0 amide bonds. The van der Waals surface area contributed by atoms with Crippen LogP contribution in [0.15, 0.2) is 54.7 Å². The molecule has 0 aliphatic heterocycles. The van der Waals surface area contributed by atoms with Crippen LogP contribution < -0.4 is 9.46 Å². The number of nitrogens with one attached hydrogen (secondary N) is 1. The molecule has 0 radical (unpaired) electrons. The highest BCUT2D eigenvalue weighted by molar-refractivity contribution is 7.89.